The Morgan fingerprint density at radius 3 is 2.32 bits per heavy atom. The van der Waals surface area contributed by atoms with Crippen LogP contribution in [0.3, 0.4) is 0 Å². The van der Waals surface area contributed by atoms with E-state index in [-0.39, 0.29) is 54.1 Å². The zero-order chi connectivity index (χ0) is 27.1. The molecule has 3 saturated carbocycles. The lowest BCUT2D eigenvalue weighted by Gasteiger charge is -2.60. The van der Waals surface area contributed by atoms with Crippen LogP contribution in [0, 0.1) is 34.5 Å². The molecule has 0 bridgehead atoms. The van der Waals surface area contributed by atoms with Gasteiger partial charge >= 0.3 is 11.9 Å². The van der Waals surface area contributed by atoms with Crippen molar-refractivity contribution in [2.75, 3.05) is 6.61 Å². The second-order valence-electron chi connectivity index (χ2n) is 12.1. The zero-order valence-corrected chi connectivity index (χ0v) is 22.5. The van der Waals surface area contributed by atoms with E-state index < -0.39 is 41.7 Å². The van der Waals surface area contributed by atoms with Crippen molar-refractivity contribution in [1.29, 1.82) is 0 Å². The molecule has 3 fully saturated rings. The van der Waals surface area contributed by atoms with E-state index in [4.69, 9.17) is 9.47 Å². The molecule has 206 valence electrons. The van der Waals surface area contributed by atoms with E-state index in [0.29, 0.717) is 44.9 Å². The molecule has 9 atom stereocenters. The number of rotatable bonds is 8. The third-order valence-electron chi connectivity index (χ3n) is 9.86. The lowest BCUT2D eigenvalue weighted by Crippen LogP contribution is -2.60. The van der Waals surface area contributed by atoms with Crippen LogP contribution < -0.4 is 0 Å². The minimum atomic E-state index is -0.751. The maximum absolute atomic E-state index is 13.1. The van der Waals surface area contributed by atoms with Crippen molar-refractivity contribution in [3.8, 4) is 0 Å². The molecule has 8 nitrogen and oxygen atoms in total. The Labute approximate surface area is 219 Å². The molecule has 8 heteroatoms. The maximum Gasteiger partial charge on any atom is 0.306 e. The molecule has 0 aromatic carbocycles. The molecule has 4 aliphatic rings. The number of hydrogen-bond acceptors (Lipinski definition) is 8. The topological polar surface area (TPSA) is 127 Å². The Morgan fingerprint density at radius 1 is 1.05 bits per heavy atom. The van der Waals surface area contributed by atoms with Gasteiger partial charge in [-0.05, 0) is 78.8 Å². The minimum absolute atomic E-state index is 0.00924. The van der Waals surface area contributed by atoms with E-state index in [0.717, 1.165) is 5.57 Å². The summed E-state index contributed by atoms with van der Waals surface area (Å²) in [6.45, 7) is 7.18. The van der Waals surface area contributed by atoms with Crippen molar-refractivity contribution in [3.63, 3.8) is 0 Å². The van der Waals surface area contributed by atoms with Gasteiger partial charge in [0.05, 0.1) is 12.0 Å². The largest absolute Gasteiger partial charge is 0.462 e. The maximum atomic E-state index is 13.1. The summed E-state index contributed by atoms with van der Waals surface area (Å²) in [5, 5.41) is 21.5. The summed E-state index contributed by atoms with van der Waals surface area (Å²) in [4.78, 5) is 50.6. The summed E-state index contributed by atoms with van der Waals surface area (Å²) in [6.07, 6.45) is 3.65. The van der Waals surface area contributed by atoms with Crippen LogP contribution in [0.15, 0.2) is 11.6 Å². The highest BCUT2D eigenvalue weighted by Gasteiger charge is 2.67. The first-order chi connectivity index (χ1) is 17.5. The standard InChI is InChI=1S/C29H42O8/c1-5-7-24(34)36-22-12-17-18-13-23(37-25(35)8-6-2)27(21(33)15-30)29(18,4)14-20(32)26(17)28(3)10-9-16(31)11-19(22)28/h11,17-18,20,22-23,26-27,30,32H,5-10,12-15H2,1-4H3/t17-,18-,20?,22?,23?,26+,27-,28-,29-/m0/s1. The number of esters is 2. The molecular weight excluding hydrogens is 476 g/mol. The molecule has 0 spiro atoms. The Morgan fingerprint density at radius 2 is 1.70 bits per heavy atom. The first kappa shape index (κ1) is 28.0. The third-order valence-corrected chi connectivity index (χ3v) is 9.86. The molecule has 0 heterocycles. The lowest BCUT2D eigenvalue weighted by molar-refractivity contribution is -0.168. The van der Waals surface area contributed by atoms with Gasteiger partial charge in [-0.3, -0.25) is 19.2 Å². The number of fused-ring (bicyclic) bond motifs is 5. The first-order valence-corrected chi connectivity index (χ1v) is 14.0. The van der Waals surface area contributed by atoms with E-state index in [2.05, 4.69) is 6.92 Å². The molecule has 4 aliphatic carbocycles. The highest BCUT2D eigenvalue weighted by Crippen LogP contribution is 2.67. The molecule has 0 radical (unpaired) electrons. The summed E-state index contributed by atoms with van der Waals surface area (Å²) in [5.41, 5.74) is -0.413. The van der Waals surface area contributed by atoms with Gasteiger partial charge in [-0.15, -0.1) is 0 Å². The Hall–Kier alpha value is -2.06. The van der Waals surface area contributed by atoms with Crippen LogP contribution in [0.1, 0.15) is 85.5 Å². The molecule has 4 rings (SSSR count). The number of aliphatic hydroxyl groups excluding tert-OH is 2. The zero-order valence-electron chi connectivity index (χ0n) is 22.5. The van der Waals surface area contributed by atoms with Crippen molar-refractivity contribution in [2.24, 2.45) is 34.5 Å². The van der Waals surface area contributed by atoms with Gasteiger partial charge in [0.15, 0.2) is 11.6 Å². The second-order valence-corrected chi connectivity index (χ2v) is 12.1. The van der Waals surface area contributed by atoms with Gasteiger partial charge in [0, 0.05) is 19.3 Å². The van der Waals surface area contributed by atoms with Gasteiger partial charge in [0.1, 0.15) is 18.8 Å². The van der Waals surface area contributed by atoms with Crippen molar-refractivity contribution >= 4 is 23.5 Å². The van der Waals surface area contributed by atoms with Gasteiger partial charge in [0.2, 0.25) is 0 Å². The lowest BCUT2D eigenvalue weighted by atomic mass is 9.45. The summed E-state index contributed by atoms with van der Waals surface area (Å²) >= 11 is 0. The normalized spacial score (nSPS) is 40.6. The third kappa shape index (κ3) is 4.80. The Kier molecular flexibility index (Phi) is 8.01. The number of aliphatic hydroxyl groups is 2. The van der Waals surface area contributed by atoms with Gasteiger partial charge in [-0.1, -0.05) is 27.7 Å². The molecule has 3 unspecified atom stereocenters. The van der Waals surface area contributed by atoms with E-state index >= 15 is 0 Å². The molecule has 0 amide bonds. The number of ketones is 2. The molecule has 0 aromatic rings. The smallest absolute Gasteiger partial charge is 0.306 e. The van der Waals surface area contributed by atoms with Crippen LogP contribution in [0.5, 0.6) is 0 Å². The summed E-state index contributed by atoms with van der Waals surface area (Å²) < 4.78 is 11.8. The van der Waals surface area contributed by atoms with Crippen LogP contribution in [-0.4, -0.2) is 58.6 Å². The highest BCUT2D eigenvalue weighted by atomic mass is 16.5. The minimum Gasteiger partial charge on any atom is -0.462 e. The number of Topliss-reactive ketones (excluding diaryl/α,β-unsaturated/α-hetero) is 1. The molecular formula is C29H42O8. The molecule has 2 N–H and O–H groups in total. The number of hydrogen-bond donors (Lipinski definition) is 2. The van der Waals surface area contributed by atoms with Gasteiger partial charge < -0.3 is 19.7 Å². The van der Waals surface area contributed by atoms with Crippen LogP contribution in [0.4, 0.5) is 0 Å². The van der Waals surface area contributed by atoms with Crippen molar-refractivity contribution in [1.82, 2.24) is 0 Å². The van der Waals surface area contributed by atoms with E-state index in [1.807, 2.05) is 20.8 Å². The van der Waals surface area contributed by atoms with E-state index in [9.17, 15) is 29.4 Å². The number of ether oxygens (including phenoxy) is 2. The van der Waals surface area contributed by atoms with Crippen LogP contribution >= 0.6 is 0 Å². The van der Waals surface area contributed by atoms with Crippen molar-refractivity contribution in [2.45, 2.75) is 104 Å². The monoisotopic (exact) mass is 518 g/mol. The Bertz CT molecular complexity index is 971. The predicted molar refractivity (Wildman–Crippen MR) is 134 cm³/mol. The summed E-state index contributed by atoms with van der Waals surface area (Å²) in [7, 11) is 0. The highest BCUT2D eigenvalue weighted by molar-refractivity contribution is 5.92. The van der Waals surface area contributed by atoms with E-state index in [1.54, 1.807) is 6.08 Å². The Balaban J connectivity index is 1.75. The average molecular weight is 519 g/mol. The number of carbonyl (C=O) groups is 4. The predicted octanol–water partition coefficient (Wildman–Crippen LogP) is 3.31. The van der Waals surface area contributed by atoms with Crippen molar-refractivity contribution in [3.05, 3.63) is 11.6 Å². The fourth-order valence-corrected chi connectivity index (χ4v) is 8.46. The van der Waals surface area contributed by atoms with E-state index in [1.165, 1.54) is 0 Å². The number of carbonyl (C=O) groups excluding carboxylic acids is 4. The second kappa shape index (κ2) is 10.6. The first-order valence-electron chi connectivity index (χ1n) is 14.0. The van der Waals surface area contributed by atoms with Crippen LogP contribution in [0.2, 0.25) is 0 Å². The average Bonchev–Trinajstić information content (AvgIpc) is 3.10. The van der Waals surface area contributed by atoms with Gasteiger partial charge in [0.25, 0.3) is 0 Å². The van der Waals surface area contributed by atoms with Gasteiger partial charge in [-0.2, -0.15) is 0 Å². The molecule has 0 aromatic heterocycles. The summed E-state index contributed by atoms with van der Waals surface area (Å²) in [5.74, 6) is -2.11. The van der Waals surface area contributed by atoms with Crippen LogP contribution in [-0.2, 0) is 28.7 Å². The SMILES string of the molecule is CCCC(=O)OC1C[C@H]2[C@@H]3CC(OC(=O)CCC)[C@H](C(=O)CO)[C@@]3(C)CC(O)[C@@H]2[C@@]2(C)CCC(=O)C=C12. The summed E-state index contributed by atoms with van der Waals surface area (Å²) in [6, 6.07) is 0. The van der Waals surface area contributed by atoms with Crippen molar-refractivity contribution < 1.29 is 38.9 Å². The van der Waals surface area contributed by atoms with Crippen LogP contribution in [0.25, 0.3) is 0 Å². The molecule has 0 aliphatic heterocycles. The fraction of sp³-hybridized carbons (Fsp3) is 0.793. The van der Waals surface area contributed by atoms with Gasteiger partial charge in [-0.25, -0.2) is 0 Å². The molecule has 0 saturated heterocycles. The molecule has 37 heavy (non-hydrogen) atoms. The quantitative estimate of drug-likeness (QED) is 0.469. The fourth-order valence-electron chi connectivity index (χ4n) is 8.46.